The van der Waals surface area contributed by atoms with Gasteiger partial charge >= 0.3 is 6.03 Å². The third-order valence-corrected chi connectivity index (χ3v) is 5.44. The largest absolute Gasteiger partial charge is 0.331 e. The summed E-state index contributed by atoms with van der Waals surface area (Å²) in [4.78, 5) is 32.8. The minimum atomic E-state index is -0.229. The summed E-state index contributed by atoms with van der Waals surface area (Å²) >= 11 is 7.62. The van der Waals surface area contributed by atoms with Crippen molar-refractivity contribution in [3.05, 3.63) is 40.0 Å². The molecule has 2 aliphatic rings. The highest BCUT2D eigenvalue weighted by Gasteiger charge is 2.41. The minimum absolute atomic E-state index is 0.207. The second-order valence-electron chi connectivity index (χ2n) is 5.28. The molecule has 1 fully saturated rings. The van der Waals surface area contributed by atoms with Crippen molar-refractivity contribution in [3.8, 4) is 0 Å². The molecule has 0 aromatic carbocycles. The van der Waals surface area contributed by atoms with E-state index in [-0.39, 0.29) is 18.5 Å². The van der Waals surface area contributed by atoms with Gasteiger partial charge in [0.15, 0.2) is 0 Å². The summed E-state index contributed by atoms with van der Waals surface area (Å²) in [6, 6.07) is 3.40. The number of nitrogens with zero attached hydrogens (tertiary/aromatic N) is 3. The van der Waals surface area contributed by atoms with E-state index >= 15 is 0 Å². The number of aromatic nitrogens is 1. The Hall–Kier alpha value is -1.92. The van der Waals surface area contributed by atoms with Crippen molar-refractivity contribution >= 4 is 45.1 Å². The Kier molecular flexibility index (Phi) is 3.16. The first kappa shape index (κ1) is 13.7. The second-order valence-corrected chi connectivity index (χ2v) is 6.82. The molecule has 22 heavy (non-hydrogen) atoms. The first-order chi connectivity index (χ1) is 10.6. The van der Waals surface area contributed by atoms with E-state index in [1.165, 1.54) is 16.2 Å². The van der Waals surface area contributed by atoms with Crippen LogP contribution in [0.3, 0.4) is 0 Å². The molecule has 0 unspecified atom stereocenters. The lowest BCUT2D eigenvalue weighted by Gasteiger charge is -2.19. The van der Waals surface area contributed by atoms with Gasteiger partial charge in [-0.3, -0.25) is 19.6 Å². The van der Waals surface area contributed by atoms with E-state index in [9.17, 15) is 9.59 Å². The summed E-state index contributed by atoms with van der Waals surface area (Å²) in [5.74, 6) is -0.207. The van der Waals surface area contributed by atoms with Gasteiger partial charge in [-0.15, -0.1) is 11.3 Å². The van der Waals surface area contributed by atoms with Crippen LogP contribution >= 0.6 is 22.9 Å². The summed E-state index contributed by atoms with van der Waals surface area (Å²) < 4.78 is 0.884. The summed E-state index contributed by atoms with van der Waals surface area (Å²) in [6.07, 6.45) is 5.26. The molecule has 0 N–H and O–H groups in total. The summed E-state index contributed by atoms with van der Waals surface area (Å²) in [6.45, 7) is 0.884. The van der Waals surface area contributed by atoms with Crippen LogP contribution in [0.5, 0.6) is 0 Å². The molecular weight excluding hydrogens is 322 g/mol. The quantitative estimate of drug-likeness (QED) is 0.791. The number of fused-ring (bicyclic) bond motifs is 2. The van der Waals surface area contributed by atoms with E-state index in [1.54, 1.807) is 17.2 Å². The molecule has 4 heterocycles. The molecule has 4 rings (SSSR count). The summed E-state index contributed by atoms with van der Waals surface area (Å²) in [5, 5.41) is 0.639. The lowest BCUT2D eigenvalue weighted by molar-refractivity contribution is -0.123. The molecule has 2 aromatic heterocycles. The number of hydrogen-bond acceptors (Lipinski definition) is 4. The van der Waals surface area contributed by atoms with E-state index in [0.717, 1.165) is 27.9 Å². The fraction of sp³-hybridized carbons (Fsp3) is 0.267. The number of imide groups is 1. The molecule has 0 atom stereocenters. The number of allylic oxidation sites excluding steroid dienone is 1. The average molecular weight is 334 g/mol. The van der Waals surface area contributed by atoms with Crippen molar-refractivity contribution in [2.75, 3.05) is 6.54 Å². The second kappa shape index (κ2) is 5.07. The fourth-order valence-corrected chi connectivity index (χ4v) is 4.10. The lowest BCUT2D eigenvalue weighted by Crippen LogP contribution is -2.33. The van der Waals surface area contributed by atoms with Gasteiger partial charge in [0, 0.05) is 17.6 Å². The standard InChI is InChI=1S/C15H12ClN3O2S/c16-10-4-5-17-11-7-9(22-13(10)11)8-19-14(20)12-3-1-2-6-18(12)15(19)21/h3-5,7H,1-2,6,8H2. The Balaban J connectivity index is 1.66. The molecule has 2 aromatic rings. The van der Waals surface area contributed by atoms with E-state index in [1.807, 2.05) is 12.1 Å². The van der Waals surface area contributed by atoms with Gasteiger partial charge in [-0.05, 0) is 25.0 Å². The number of amides is 3. The number of hydrogen-bond donors (Lipinski definition) is 0. The van der Waals surface area contributed by atoms with Crippen LogP contribution in [0, 0.1) is 0 Å². The Labute approximate surface area is 135 Å². The number of carbonyl (C=O) groups is 2. The summed E-state index contributed by atoms with van der Waals surface area (Å²) in [5.41, 5.74) is 1.32. The molecule has 0 spiro atoms. The highest BCUT2D eigenvalue weighted by atomic mass is 35.5. The van der Waals surface area contributed by atoms with Gasteiger partial charge in [0.05, 0.1) is 21.8 Å². The van der Waals surface area contributed by atoms with Crippen molar-refractivity contribution in [1.29, 1.82) is 0 Å². The van der Waals surface area contributed by atoms with Crippen molar-refractivity contribution in [1.82, 2.24) is 14.8 Å². The molecule has 3 amide bonds. The number of rotatable bonds is 2. The molecule has 112 valence electrons. The van der Waals surface area contributed by atoms with Crippen LogP contribution in [0.1, 0.15) is 17.7 Å². The van der Waals surface area contributed by atoms with Crippen LogP contribution in [0.25, 0.3) is 10.2 Å². The normalized spacial score (nSPS) is 18.1. The Morgan fingerprint density at radius 3 is 3.00 bits per heavy atom. The molecule has 5 nitrogen and oxygen atoms in total. The zero-order chi connectivity index (χ0) is 15.3. The number of carbonyl (C=O) groups excluding carboxylic acids is 2. The average Bonchev–Trinajstić information content (AvgIpc) is 3.04. The van der Waals surface area contributed by atoms with Gasteiger partial charge in [0.2, 0.25) is 0 Å². The Morgan fingerprint density at radius 2 is 2.23 bits per heavy atom. The van der Waals surface area contributed by atoms with Crippen LogP contribution in [0.4, 0.5) is 4.79 Å². The fourth-order valence-electron chi connectivity index (χ4n) is 2.82. The van der Waals surface area contributed by atoms with Crippen LogP contribution in [0.15, 0.2) is 30.1 Å². The highest BCUT2D eigenvalue weighted by Crippen LogP contribution is 2.33. The van der Waals surface area contributed by atoms with Crippen molar-refractivity contribution in [3.63, 3.8) is 0 Å². The third-order valence-electron chi connectivity index (χ3n) is 3.87. The van der Waals surface area contributed by atoms with Gasteiger partial charge in [0.1, 0.15) is 5.70 Å². The number of halogens is 1. The minimum Gasteiger partial charge on any atom is -0.289 e. The van der Waals surface area contributed by atoms with Gasteiger partial charge < -0.3 is 0 Å². The first-order valence-corrected chi connectivity index (χ1v) is 8.21. The Bertz CT molecular complexity index is 829. The van der Waals surface area contributed by atoms with Crippen LogP contribution < -0.4 is 0 Å². The predicted molar refractivity (Wildman–Crippen MR) is 84.6 cm³/mol. The van der Waals surface area contributed by atoms with Crippen molar-refractivity contribution in [2.45, 2.75) is 19.4 Å². The lowest BCUT2D eigenvalue weighted by atomic mass is 10.2. The van der Waals surface area contributed by atoms with E-state index in [4.69, 9.17) is 11.6 Å². The molecule has 0 saturated carbocycles. The molecule has 2 aliphatic heterocycles. The molecule has 0 aliphatic carbocycles. The molecule has 0 radical (unpaired) electrons. The summed E-state index contributed by atoms with van der Waals surface area (Å²) in [7, 11) is 0. The maximum Gasteiger partial charge on any atom is 0.331 e. The van der Waals surface area contributed by atoms with Crippen molar-refractivity contribution < 1.29 is 9.59 Å². The molecule has 7 heteroatoms. The first-order valence-electron chi connectivity index (χ1n) is 7.01. The van der Waals surface area contributed by atoms with Gasteiger partial charge in [-0.25, -0.2) is 4.79 Å². The molecular formula is C15H12ClN3O2S. The SMILES string of the molecule is O=C1C2=CCCCN2C(=O)N1Cc1cc2nccc(Cl)c2s1. The van der Waals surface area contributed by atoms with E-state index in [0.29, 0.717) is 17.3 Å². The highest BCUT2D eigenvalue weighted by molar-refractivity contribution is 7.19. The number of pyridine rings is 1. The maximum atomic E-state index is 12.4. The third kappa shape index (κ3) is 2.02. The zero-order valence-electron chi connectivity index (χ0n) is 11.6. The zero-order valence-corrected chi connectivity index (χ0v) is 13.2. The van der Waals surface area contributed by atoms with Crippen LogP contribution in [-0.4, -0.2) is 33.3 Å². The van der Waals surface area contributed by atoms with E-state index in [2.05, 4.69) is 4.98 Å². The number of thiophene rings is 1. The van der Waals surface area contributed by atoms with Crippen LogP contribution in [-0.2, 0) is 11.3 Å². The van der Waals surface area contributed by atoms with Crippen LogP contribution in [0.2, 0.25) is 5.02 Å². The predicted octanol–water partition coefficient (Wildman–Crippen LogP) is 3.39. The topological polar surface area (TPSA) is 53.5 Å². The van der Waals surface area contributed by atoms with Gasteiger partial charge in [0.25, 0.3) is 5.91 Å². The van der Waals surface area contributed by atoms with Gasteiger partial charge in [-0.2, -0.15) is 0 Å². The monoisotopic (exact) mass is 333 g/mol. The maximum absolute atomic E-state index is 12.4. The molecule has 1 saturated heterocycles. The smallest absolute Gasteiger partial charge is 0.289 e. The van der Waals surface area contributed by atoms with Crippen molar-refractivity contribution in [2.24, 2.45) is 0 Å². The van der Waals surface area contributed by atoms with E-state index < -0.39 is 0 Å². The van der Waals surface area contributed by atoms with Gasteiger partial charge in [-0.1, -0.05) is 17.7 Å². The Morgan fingerprint density at radius 1 is 1.36 bits per heavy atom. The number of urea groups is 1. The molecule has 0 bridgehead atoms.